The van der Waals surface area contributed by atoms with Gasteiger partial charge in [0.05, 0.1) is 11.6 Å². The fourth-order valence-electron chi connectivity index (χ4n) is 3.37. The molecule has 1 unspecified atom stereocenters. The van der Waals surface area contributed by atoms with Crippen molar-refractivity contribution < 1.29 is 30.4 Å². The number of benzene rings is 1. The Balaban J connectivity index is 1.58. The Bertz CT molecular complexity index is 1180. The lowest BCUT2D eigenvalue weighted by molar-refractivity contribution is -0.153. The van der Waals surface area contributed by atoms with Crippen LogP contribution in [0.4, 0.5) is 13.2 Å². The standard InChI is InChI=1S/C16H14F3N3O5S/c17-16(18,19)14-11(20-9-26-14)8-28(24,25)21-6-5-10(7-21)22-12-3-1-2-4-13(12)27-15(22)23/h1-4,9-10H,5-8H2. The van der Waals surface area contributed by atoms with Crippen molar-refractivity contribution in [3.8, 4) is 0 Å². The van der Waals surface area contributed by atoms with Crippen molar-refractivity contribution >= 4 is 21.1 Å². The Morgan fingerprint density at radius 2 is 2.00 bits per heavy atom. The van der Waals surface area contributed by atoms with Gasteiger partial charge in [0.2, 0.25) is 15.8 Å². The number of aromatic nitrogens is 2. The highest BCUT2D eigenvalue weighted by Gasteiger charge is 2.41. The highest BCUT2D eigenvalue weighted by atomic mass is 32.2. The molecule has 12 heteroatoms. The second kappa shape index (κ2) is 6.48. The number of rotatable bonds is 4. The molecule has 2 aromatic heterocycles. The highest BCUT2D eigenvalue weighted by Crippen LogP contribution is 2.33. The number of para-hydroxylation sites is 2. The molecule has 28 heavy (non-hydrogen) atoms. The Hall–Kier alpha value is -2.60. The monoisotopic (exact) mass is 417 g/mol. The first-order valence-electron chi connectivity index (χ1n) is 8.24. The Morgan fingerprint density at radius 1 is 1.25 bits per heavy atom. The summed E-state index contributed by atoms with van der Waals surface area (Å²) >= 11 is 0. The third-order valence-corrected chi connectivity index (χ3v) is 6.38. The molecule has 1 aliphatic rings. The molecule has 150 valence electrons. The summed E-state index contributed by atoms with van der Waals surface area (Å²) in [6.07, 6.45) is -3.94. The molecule has 0 N–H and O–H groups in total. The van der Waals surface area contributed by atoms with Gasteiger partial charge in [0.1, 0.15) is 11.4 Å². The molecule has 0 aliphatic carbocycles. The fourth-order valence-corrected chi connectivity index (χ4v) is 4.89. The third-order valence-electron chi connectivity index (χ3n) is 4.62. The summed E-state index contributed by atoms with van der Waals surface area (Å²) in [6, 6.07) is 6.25. The Morgan fingerprint density at radius 3 is 2.75 bits per heavy atom. The largest absolute Gasteiger partial charge is 0.451 e. The minimum atomic E-state index is -4.84. The SMILES string of the molecule is O=c1oc2ccccc2n1C1CCN(S(=O)(=O)Cc2ncoc2C(F)(F)F)C1. The minimum Gasteiger partial charge on any atom is -0.439 e. The van der Waals surface area contributed by atoms with Crippen LogP contribution >= 0.6 is 0 Å². The van der Waals surface area contributed by atoms with Gasteiger partial charge in [-0.15, -0.1) is 0 Å². The van der Waals surface area contributed by atoms with Gasteiger partial charge >= 0.3 is 11.9 Å². The summed E-state index contributed by atoms with van der Waals surface area (Å²) in [5.41, 5.74) is 0.223. The molecule has 8 nitrogen and oxygen atoms in total. The molecular weight excluding hydrogens is 403 g/mol. The van der Waals surface area contributed by atoms with Crippen LogP contribution in [-0.2, 0) is 22.0 Å². The average Bonchev–Trinajstić information content (AvgIpc) is 3.30. The molecule has 1 fully saturated rings. The number of fused-ring (bicyclic) bond motifs is 1. The number of hydrogen-bond acceptors (Lipinski definition) is 6. The number of halogens is 3. The van der Waals surface area contributed by atoms with Crippen LogP contribution in [0.2, 0.25) is 0 Å². The van der Waals surface area contributed by atoms with Crippen LogP contribution in [0.3, 0.4) is 0 Å². The molecule has 1 aliphatic heterocycles. The summed E-state index contributed by atoms with van der Waals surface area (Å²) in [6.45, 7) is 0.0170. The Kier molecular flexibility index (Phi) is 4.34. The van der Waals surface area contributed by atoms with Crippen LogP contribution in [0.1, 0.15) is 23.9 Å². The Labute approximate surface area is 156 Å². The molecule has 0 radical (unpaired) electrons. The second-order valence-corrected chi connectivity index (χ2v) is 8.36. The van der Waals surface area contributed by atoms with E-state index in [0.29, 0.717) is 23.9 Å². The predicted octanol–water partition coefficient (Wildman–Crippen LogP) is 2.38. The number of hydrogen-bond donors (Lipinski definition) is 0. The molecule has 0 bridgehead atoms. The van der Waals surface area contributed by atoms with Crippen LogP contribution in [0.25, 0.3) is 11.1 Å². The van der Waals surface area contributed by atoms with E-state index in [-0.39, 0.29) is 13.1 Å². The van der Waals surface area contributed by atoms with Gasteiger partial charge in [0, 0.05) is 13.1 Å². The van der Waals surface area contributed by atoms with E-state index in [1.807, 2.05) is 0 Å². The molecular formula is C16H14F3N3O5S. The number of sulfonamides is 1. The van der Waals surface area contributed by atoms with Gasteiger partial charge in [-0.05, 0) is 18.6 Å². The van der Waals surface area contributed by atoms with Gasteiger partial charge in [-0.2, -0.15) is 17.5 Å². The smallest absolute Gasteiger partial charge is 0.439 e. The third kappa shape index (κ3) is 3.22. The quantitative estimate of drug-likeness (QED) is 0.646. The normalized spacial score (nSPS) is 18.9. The summed E-state index contributed by atoms with van der Waals surface area (Å²) in [4.78, 5) is 15.6. The van der Waals surface area contributed by atoms with Crippen LogP contribution in [0, 0.1) is 0 Å². The summed E-state index contributed by atoms with van der Waals surface area (Å²) in [5.74, 6) is -2.98. The number of oxazole rings is 2. The van der Waals surface area contributed by atoms with Crippen LogP contribution in [0.5, 0.6) is 0 Å². The van der Waals surface area contributed by atoms with Gasteiger partial charge in [-0.25, -0.2) is 18.2 Å². The van der Waals surface area contributed by atoms with Crippen LogP contribution in [0.15, 0.2) is 44.3 Å². The van der Waals surface area contributed by atoms with Crippen LogP contribution in [-0.4, -0.2) is 35.4 Å². The molecule has 3 aromatic rings. The topological polar surface area (TPSA) is 98.6 Å². The summed E-state index contributed by atoms with van der Waals surface area (Å²) in [7, 11) is -4.09. The van der Waals surface area contributed by atoms with Crippen molar-refractivity contribution in [1.29, 1.82) is 0 Å². The van der Waals surface area contributed by atoms with Crippen LogP contribution < -0.4 is 5.76 Å². The molecule has 0 saturated carbocycles. The van der Waals surface area contributed by atoms with E-state index in [1.165, 1.54) is 4.57 Å². The first-order chi connectivity index (χ1) is 13.2. The maximum absolute atomic E-state index is 12.9. The first-order valence-corrected chi connectivity index (χ1v) is 9.85. The van der Waals surface area contributed by atoms with Crippen molar-refractivity contribution in [2.24, 2.45) is 0 Å². The molecule has 1 saturated heterocycles. The van der Waals surface area contributed by atoms with E-state index in [1.54, 1.807) is 24.3 Å². The lowest BCUT2D eigenvalue weighted by Gasteiger charge is -2.16. The molecule has 1 atom stereocenters. The molecule has 0 amide bonds. The molecule has 1 aromatic carbocycles. The lowest BCUT2D eigenvalue weighted by Crippen LogP contribution is -2.32. The maximum Gasteiger partial charge on any atom is 0.451 e. The zero-order chi connectivity index (χ0) is 20.1. The van der Waals surface area contributed by atoms with Gasteiger partial charge in [-0.1, -0.05) is 12.1 Å². The van der Waals surface area contributed by atoms with Crippen molar-refractivity contribution in [1.82, 2.24) is 13.9 Å². The average molecular weight is 417 g/mol. The van der Waals surface area contributed by atoms with Crippen molar-refractivity contribution in [3.63, 3.8) is 0 Å². The lowest BCUT2D eigenvalue weighted by atomic mass is 10.2. The second-order valence-electron chi connectivity index (χ2n) is 6.39. The van der Waals surface area contributed by atoms with Crippen molar-refractivity contribution in [2.45, 2.75) is 24.4 Å². The predicted molar refractivity (Wildman–Crippen MR) is 89.8 cm³/mol. The van der Waals surface area contributed by atoms with Gasteiger partial charge < -0.3 is 8.83 Å². The van der Waals surface area contributed by atoms with E-state index < -0.39 is 45.2 Å². The molecule has 3 heterocycles. The summed E-state index contributed by atoms with van der Waals surface area (Å²) < 4.78 is 75.8. The van der Waals surface area contributed by atoms with E-state index >= 15 is 0 Å². The van der Waals surface area contributed by atoms with E-state index in [2.05, 4.69) is 9.40 Å². The molecule has 0 spiro atoms. The highest BCUT2D eigenvalue weighted by molar-refractivity contribution is 7.88. The van der Waals surface area contributed by atoms with Gasteiger partial charge in [-0.3, -0.25) is 4.57 Å². The number of nitrogens with zero attached hydrogens (tertiary/aromatic N) is 3. The fraction of sp³-hybridized carbons (Fsp3) is 0.375. The van der Waals surface area contributed by atoms with E-state index in [9.17, 15) is 26.4 Å². The minimum absolute atomic E-state index is 0.0506. The van der Waals surface area contributed by atoms with E-state index in [4.69, 9.17) is 4.42 Å². The van der Waals surface area contributed by atoms with Crippen molar-refractivity contribution in [2.75, 3.05) is 13.1 Å². The van der Waals surface area contributed by atoms with Crippen molar-refractivity contribution in [3.05, 3.63) is 52.7 Å². The van der Waals surface area contributed by atoms with E-state index in [0.717, 1.165) is 4.31 Å². The zero-order valence-corrected chi connectivity index (χ0v) is 15.0. The zero-order valence-electron chi connectivity index (χ0n) is 14.2. The van der Waals surface area contributed by atoms with Gasteiger partial charge in [0.25, 0.3) is 0 Å². The van der Waals surface area contributed by atoms with Gasteiger partial charge in [0.15, 0.2) is 12.0 Å². The summed E-state index contributed by atoms with van der Waals surface area (Å²) in [5, 5.41) is 0. The first kappa shape index (κ1) is 18.7. The number of alkyl halides is 3. The molecule has 4 rings (SSSR count). The maximum atomic E-state index is 12.9.